The van der Waals surface area contributed by atoms with Gasteiger partial charge < -0.3 is 29.4 Å². The Hall–Kier alpha value is -4.74. The molecule has 1 aliphatic heterocycles. The van der Waals surface area contributed by atoms with E-state index < -0.39 is 0 Å². The van der Waals surface area contributed by atoms with E-state index in [4.69, 9.17) is 4.42 Å². The number of carbonyl (C=O) groups is 2. The van der Waals surface area contributed by atoms with Gasteiger partial charge in [-0.3, -0.25) is 9.59 Å². The number of hydrogen-bond donors (Lipinski definition) is 2. The first kappa shape index (κ1) is 26.5. The maximum atomic E-state index is 13.2. The molecule has 1 saturated heterocycles. The Kier molecular flexibility index (Phi) is 7.36. The van der Waals surface area contributed by atoms with Gasteiger partial charge in [0.05, 0.1) is 23.4 Å². The molecule has 0 radical (unpaired) electrons. The predicted octanol–water partition coefficient (Wildman–Crippen LogP) is 2.94. The van der Waals surface area contributed by atoms with Crippen LogP contribution in [0.15, 0.2) is 53.9 Å². The van der Waals surface area contributed by atoms with E-state index >= 15 is 0 Å². The molecule has 0 spiro atoms. The standard InChI is InChI=1S/C29H33N9O3/c1-19-14-30-17-32-26(19)38-11-9-37(10-12-38)25-6-5-21(27(39)31-8-7-22-15-36(2)18-33-22)13-23(25)34-28(40)24-16-41-29(35-24)20-3-4-20/h5-6,13-18,20H,3-4,7-12H2,1-2H3,(H,31,39)(H,34,40). The van der Waals surface area contributed by atoms with Gasteiger partial charge in [0.15, 0.2) is 11.6 Å². The third kappa shape index (κ3) is 6.06. The third-order valence-electron chi connectivity index (χ3n) is 7.40. The number of anilines is 3. The van der Waals surface area contributed by atoms with Crippen molar-refractivity contribution in [1.29, 1.82) is 0 Å². The number of rotatable bonds is 9. The van der Waals surface area contributed by atoms with Crippen molar-refractivity contribution in [2.75, 3.05) is 47.8 Å². The summed E-state index contributed by atoms with van der Waals surface area (Å²) in [6.45, 7) is 5.42. The summed E-state index contributed by atoms with van der Waals surface area (Å²) >= 11 is 0. The van der Waals surface area contributed by atoms with E-state index in [9.17, 15) is 9.59 Å². The van der Waals surface area contributed by atoms with E-state index in [0.717, 1.165) is 61.8 Å². The van der Waals surface area contributed by atoms with Gasteiger partial charge in [0.1, 0.15) is 18.4 Å². The van der Waals surface area contributed by atoms with E-state index in [2.05, 4.69) is 40.4 Å². The van der Waals surface area contributed by atoms with Crippen LogP contribution < -0.4 is 20.4 Å². The summed E-state index contributed by atoms with van der Waals surface area (Å²) in [5, 5.41) is 5.96. The molecule has 2 N–H and O–H groups in total. The second kappa shape index (κ2) is 11.4. The Balaban J connectivity index is 1.19. The minimum Gasteiger partial charge on any atom is -0.448 e. The first-order valence-corrected chi connectivity index (χ1v) is 13.9. The Bertz CT molecular complexity index is 1550. The molecule has 3 aromatic heterocycles. The summed E-state index contributed by atoms with van der Waals surface area (Å²) in [4.78, 5) is 48.0. The Morgan fingerprint density at radius 3 is 2.61 bits per heavy atom. The topological polar surface area (TPSA) is 134 Å². The van der Waals surface area contributed by atoms with Crippen molar-refractivity contribution in [3.05, 3.63) is 77.9 Å². The fraction of sp³-hybridized carbons (Fsp3) is 0.379. The highest BCUT2D eigenvalue weighted by Gasteiger charge is 2.30. The third-order valence-corrected chi connectivity index (χ3v) is 7.40. The van der Waals surface area contributed by atoms with Crippen LogP contribution in [0, 0.1) is 6.92 Å². The Morgan fingerprint density at radius 2 is 1.88 bits per heavy atom. The number of nitrogens with one attached hydrogen (secondary N) is 2. The van der Waals surface area contributed by atoms with Gasteiger partial charge >= 0.3 is 0 Å². The van der Waals surface area contributed by atoms with Crippen LogP contribution in [0.3, 0.4) is 0 Å². The SMILES string of the molecule is Cc1cncnc1N1CCN(c2ccc(C(=O)NCCc3cn(C)cn3)cc2NC(=O)c2coc(C3CC3)n2)CC1. The van der Waals surface area contributed by atoms with Crippen LogP contribution in [-0.4, -0.2) is 69.0 Å². The van der Waals surface area contributed by atoms with Gasteiger partial charge in [0.2, 0.25) is 0 Å². The minimum atomic E-state index is -0.371. The van der Waals surface area contributed by atoms with Crippen LogP contribution in [0.25, 0.3) is 0 Å². The summed E-state index contributed by atoms with van der Waals surface area (Å²) in [5.41, 5.74) is 4.02. The summed E-state index contributed by atoms with van der Waals surface area (Å²) in [6, 6.07) is 5.42. The van der Waals surface area contributed by atoms with Gasteiger partial charge in [-0.2, -0.15) is 0 Å². The molecule has 2 fully saturated rings. The molecule has 2 aliphatic rings. The van der Waals surface area contributed by atoms with Crippen molar-refractivity contribution >= 4 is 29.0 Å². The number of imidazole rings is 1. The second-order valence-corrected chi connectivity index (χ2v) is 10.6. The Morgan fingerprint density at radius 1 is 1.07 bits per heavy atom. The van der Waals surface area contributed by atoms with Gasteiger partial charge in [0, 0.05) is 75.6 Å². The number of nitrogens with zero attached hydrogens (tertiary/aromatic N) is 7. The number of amides is 2. The van der Waals surface area contributed by atoms with Gasteiger partial charge in [0.25, 0.3) is 11.8 Å². The lowest BCUT2D eigenvalue weighted by atomic mass is 10.1. The van der Waals surface area contributed by atoms with E-state index in [1.54, 1.807) is 24.8 Å². The lowest BCUT2D eigenvalue weighted by Gasteiger charge is -2.38. The van der Waals surface area contributed by atoms with E-state index in [1.165, 1.54) is 6.26 Å². The molecule has 1 aliphatic carbocycles. The molecule has 212 valence electrons. The highest BCUT2D eigenvalue weighted by Crippen LogP contribution is 2.39. The van der Waals surface area contributed by atoms with Crippen molar-refractivity contribution in [1.82, 2.24) is 29.8 Å². The van der Waals surface area contributed by atoms with Gasteiger partial charge in [-0.25, -0.2) is 19.9 Å². The van der Waals surface area contributed by atoms with Crippen LogP contribution >= 0.6 is 0 Å². The second-order valence-electron chi connectivity index (χ2n) is 10.6. The van der Waals surface area contributed by atoms with Crippen LogP contribution in [-0.2, 0) is 13.5 Å². The predicted molar refractivity (Wildman–Crippen MR) is 153 cm³/mol. The average Bonchev–Trinajstić information content (AvgIpc) is 3.56. The molecule has 1 aromatic carbocycles. The van der Waals surface area contributed by atoms with Crippen molar-refractivity contribution in [3.8, 4) is 0 Å². The van der Waals surface area contributed by atoms with Gasteiger partial charge in [-0.1, -0.05) is 0 Å². The number of piperazine rings is 1. The first-order chi connectivity index (χ1) is 19.9. The molecule has 4 heterocycles. The zero-order valence-electron chi connectivity index (χ0n) is 23.2. The lowest BCUT2D eigenvalue weighted by molar-refractivity contribution is 0.0952. The fourth-order valence-electron chi connectivity index (χ4n) is 5.03. The molecule has 0 atom stereocenters. The molecule has 12 nitrogen and oxygen atoms in total. The van der Waals surface area contributed by atoms with E-state index in [0.29, 0.717) is 36.0 Å². The minimum absolute atomic E-state index is 0.218. The molecule has 1 saturated carbocycles. The summed E-state index contributed by atoms with van der Waals surface area (Å²) in [5.74, 6) is 1.25. The van der Waals surface area contributed by atoms with Crippen LogP contribution in [0.4, 0.5) is 17.2 Å². The number of hydrogen-bond acceptors (Lipinski definition) is 9. The van der Waals surface area contributed by atoms with E-state index in [-0.39, 0.29) is 17.5 Å². The summed E-state index contributed by atoms with van der Waals surface area (Å²) < 4.78 is 7.41. The smallest absolute Gasteiger partial charge is 0.277 e. The number of benzene rings is 1. The number of aryl methyl sites for hydroxylation is 2. The quantitative estimate of drug-likeness (QED) is 0.320. The number of carbonyl (C=O) groups excluding carboxylic acids is 2. The van der Waals surface area contributed by atoms with Crippen molar-refractivity contribution < 1.29 is 14.0 Å². The summed E-state index contributed by atoms with van der Waals surface area (Å²) in [6.07, 6.45) is 11.1. The molecular weight excluding hydrogens is 522 g/mol. The fourth-order valence-corrected chi connectivity index (χ4v) is 5.03. The van der Waals surface area contributed by atoms with Crippen LogP contribution in [0.1, 0.15) is 56.8 Å². The molecule has 2 amide bonds. The molecule has 41 heavy (non-hydrogen) atoms. The largest absolute Gasteiger partial charge is 0.448 e. The molecule has 12 heteroatoms. The van der Waals surface area contributed by atoms with Crippen LogP contribution in [0.2, 0.25) is 0 Å². The zero-order valence-corrected chi connectivity index (χ0v) is 23.2. The molecule has 0 unspecified atom stereocenters. The van der Waals surface area contributed by atoms with Crippen molar-refractivity contribution in [2.24, 2.45) is 7.05 Å². The van der Waals surface area contributed by atoms with Crippen molar-refractivity contribution in [2.45, 2.75) is 32.1 Å². The monoisotopic (exact) mass is 555 g/mol. The molecule has 6 rings (SSSR count). The average molecular weight is 556 g/mol. The number of oxazole rings is 1. The van der Waals surface area contributed by atoms with Gasteiger partial charge in [-0.05, 0) is 38.0 Å². The zero-order chi connectivity index (χ0) is 28.3. The molecule has 0 bridgehead atoms. The normalized spacial score (nSPS) is 15.2. The maximum absolute atomic E-state index is 13.2. The summed E-state index contributed by atoms with van der Waals surface area (Å²) in [7, 11) is 1.91. The van der Waals surface area contributed by atoms with Crippen molar-refractivity contribution in [3.63, 3.8) is 0 Å². The van der Waals surface area contributed by atoms with Crippen LogP contribution in [0.5, 0.6) is 0 Å². The maximum Gasteiger partial charge on any atom is 0.277 e. The first-order valence-electron chi connectivity index (χ1n) is 13.9. The van der Waals surface area contributed by atoms with Gasteiger partial charge in [-0.15, -0.1) is 0 Å². The molecular formula is C29H33N9O3. The highest BCUT2D eigenvalue weighted by molar-refractivity contribution is 6.06. The Labute approximate surface area is 237 Å². The number of aromatic nitrogens is 5. The lowest BCUT2D eigenvalue weighted by Crippen LogP contribution is -2.47. The van der Waals surface area contributed by atoms with E-state index in [1.807, 2.05) is 37.0 Å². The highest BCUT2D eigenvalue weighted by atomic mass is 16.3. The molecule has 4 aromatic rings.